The molecule has 2 heterocycles. The number of aromatic nitrogens is 5. The predicted octanol–water partition coefficient (Wildman–Crippen LogP) is 3.13. The zero-order chi connectivity index (χ0) is 14.4. The van der Waals surface area contributed by atoms with Gasteiger partial charge in [-0.25, -0.2) is 9.97 Å². The molecule has 2 aliphatic rings. The molecule has 0 amide bonds. The van der Waals surface area contributed by atoms with E-state index in [2.05, 4.69) is 30.0 Å². The minimum atomic E-state index is 0.539. The Morgan fingerprint density at radius 1 is 1.29 bits per heavy atom. The molecule has 2 aromatic rings. The van der Waals surface area contributed by atoms with E-state index < -0.39 is 0 Å². The molecule has 2 aromatic heterocycles. The number of anilines is 1. The molecule has 0 radical (unpaired) electrons. The first-order valence-corrected chi connectivity index (χ1v) is 8.28. The van der Waals surface area contributed by atoms with Crippen molar-refractivity contribution >= 4 is 29.3 Å². The minimum absolute atomic E-state index is 0.539. The van der Waals surface area contributed by atoms with Gasteiger partial charge >= 0.3 is 0 Å². The number of rotatable bonds is 5. The Morgan fingerprint density at radius 2 is 2.10 bits per heavy atom. The summed E-state index contributed by atoms with van der Waals surface area (Å²) in [7, 11) is 1.79. The maximum Gasteiger partial charge on any atom is 0.223 e. The SMILES string of the molecule is CNc1ncc(Cl)c(Sc2nnc(C3CC3)n2C2CC2)n1. The van der Waals surface area contributed by atoms with Gasteiger partial charge in [-0.2, -0.15) is 0 Å². The molecule has 4 rings (SSSR count). The molecule has 0 aromatic carbocycles. The van der Waals surface area contributed by atoms with Crippen LogP contribution in [0.4, 0.5) is 5.95 Å². The van der Waals surface area contributed by atoms with E-state index in [0.29, 0.717) is 28.0 Å². The molecular weight excluding hydrogens is 308 g/mol. The van der Waals surface area contributed by atoms with Crippen molar-refractivity contribution in [2.24, 2.45) is 0 Å². The van der Waals surface area contributed by atoms with Crippen molar-refractivity contribution in [3.05, 3.63) is 17.0 Å². The average molecular weight is 323 g/mol. The van der Waals surface area contributed by atoms with Gasteiger partial charge in [-0.15, -0.1) is 10.2 Å². The quantitative estimate of drug-likeness (QED) is 0.853. The third-order valence-corrected chi connectivity index (χ3v) is 5.02. The second-order valence-corrected chi connectivity index (χ2v) is 6.78. The maximum atomic E-state index is 6.20. The molecule has 2 saturated carbocycles. The van der Waals surface area contributed by atoms with E-state index in [9.17, 15) is 0 Å². The van der Waals surface area contributed by atoms with E-state index in [1.807, 2.05) is 0 Å². The lowest BCUT2D eigenvalue weighted by Gasteiger charge is -2.08. The zero-order valence-electron chi connectivity index (χ0n) is 11.6. The Labute approximate surface area is 131 Å². The number of halogens is 1. The first kappa shape index (κ1) is 13.3. The van der Waals surface area contributed by atoms with Crippen molar-refractivity contribution in [2.75, 3.05) is 12.4 Å². The molecule has 0 aliphatic heterocycles. The van der Waals surface area contributed by atoms with Crippen LogP contribution < -0.4 is 5.32 Å². The summed E-state index contributed by atoms with van der Waals surface area (Å²) in [5.74, 6) is 2.29. The van der Waals surface area contributed by atoms with Gasteiger partial charge in [0.1, 0.15) is 10.9 Å². The molecule has 21 heavy (non-hydrogen) atoms. The van der Waals surface area contributed by atoms with Crippen molar-refractivity contribution in [3.8, 4) is 0 Å². The van der Waals surface area contributed by atoms with Crippen LogP contribution in [0, 0.1) is 0 Å². The molecule has 0 saturated heterocycles. The highest BCUT2D eigenvalue weighted by Crippen LogP contribution is 2.47. The van der Waals surface area contributed by atoms with Crippen molar-refractivity contribution in [1.29, 1.82) is 0 Å². The molecule has 0 spiro atoms. The topological polar surface area (TPSA) is 68.5 Å². The molecule has 0 atom stereocenters. The van der Waals surface area contributed by atoms with E-state index in [4.69, 9.17) is 11.6 Å². The second kappa shape index (κ2) is 5.14. The smallest absolute Gasteiger partial charge is 0.223 e. The molecular formula is C13H15ClN6S. The first-order valence-electron chi connectivity index (χ1n) is 7.09. The average Bonchev–Trinajstić information content (AvgIpc) is 3.40. The van der Waals surface area contributed by atoms with Crippen molar-refractivity contribution in [2.45, 2.75) is 47.8 Å². The highest BCUT2D eigenvalue weighted by Gasteiger charge is 2.36. The molecule has 2 fully saturated rings. The fourth-order valence-corrected chi connectivity index (χ4v) is 3.37. The summed E-state index contributed by atoms with van der Waals surface area (Å²) in [4.78, 5) is 8.51. The molecule has 8 heteroatoms. The van der Waals surface area contributed by atoms with Crippen LogP contribution in [0.5, 0.6) is 0 Å². The van der Waals surface area contributed by atoms with E-state index in [0.717, 1.165) is 11.0 Å². The zero-order valence-corrected chi connectivity index (χ0v) is 13.2. The van der Waals surface area contributed by atoms with Crippen LogP contribution in [0.2, 0.25) is 5.02 Å². The lowest BCUT2D eigenvalue weighted by Crippen LogP contribution is -2.02. The Bertz CT molecular complexity index is 679. The van der Waals surface area contributed by atoms with Crippen LogP contribution in [0.3, 0.4) is 0 Å². The van der Waals surface area contributed by atoms with Crippen LogP contribution in [0.1, 0.15) is 43.5 Å². The summed E-state index contributed by atoms with van der Waals surface area (Å²) in [5, 5.41) is 13.8. The van der Waals surface area contributed by atoms with Crippen LogP contribution in [-0.2, 0) is 0 Å². The highest BCUT2D eigenvalue weighted by atomic mass is 35.5. The van der Waals surface area contributed by atoms with Crippen molar-refractivity contribution < 1.29 is 0 Å². The number of nitrogens with zero attached hydrogens (tertiary/aromatic N) is 5. The van der Waals surface area contributed by atoms with Gasteiger partial charge in [-0.3, -0.25) is 0 Å². The van der Waals surface area contributed by atoms with Gasteiger partial charge in [0.15, 0.2) is 5.16 Å². The summed E-state index contributed by atoms with van der Waals surface area (Å²) in [6, 6.07) is 0.558. The Balaban J connectivity index is 1.68. The molecule has 2 aliphatic carbocycles. The molecule has 110 valence electrons. The van der Waals surface area contributed by atoms with Gasteiger partial charge in [-0.05, 0) is 37.4 Å². The largest absolute Gasteiger partial charge is 0.357 e. The van der Waals surface area contributed by atoms with Gasteiger partial charge in [0.05, 0.1) is 11.2 Å². The Hall–Kier alpha value is -1.34. The number of hydrogen-bond acceptors (Lipinski definition) is 6. The Morgan fingerprint density at radius 3 is 2.76 bits per heavy atom. The van der Waals surface area contributed by atoms with Gasteiger partial charge in [-0.1, -0.05) is 11.6 Å². The van der Waals surface area contributed by atoms with Crippen LogP contribution >= 0.6 is 23.4 Å². The lowest BCUT2D eigenvalue weighted by molar-refractivity contribution is 0.626. The van der Waals surface area contributed by atoms with Gasteiger partial charge < -0.3 is 9.88 Å². The van der Waals surface area contributed by atoms with Gasteiger partial charge in [0, 0.05) is 19.0 Å². The molecule has 0 bridgehead atoms. The van der Waals surface area contributed by atoms with Crippen LogP contribution in [0.15, 0.2) is 16.4 Å². The summed E-state index contributed by atoms with van der Waals surface area (Å²) >= 11 is 7.67. The van der Waals surface area contributed by atoms with Crippen LogP contribution in [-0.4, -0.2) is 31.8 Å². The third kappa shape index (κ3) is 2.60. The summed E-state index contributed by atoms with van der Waals surface area (Å²) in [5.41, 5.74) is 0. The van der Waals surface area contributed by atoms with Crippen LogP contribution in [0.25, 0.3) is 0 Å². The van der Waals surface area contributed by atoms with E-state index in [-0.39, 0.29) is 0 Å². The molecule has 6 nitrogen and oxygen atoms in total. The summed E-state index contributed by atoms with van der Waals surface area (Å²) < 4.78 is 2.29. The fraction of sp³-hybridized carbons (Fsp3) is 0.538. The number of hydrogen-bond donors (Lipinski definition) is 1. The van der Waals surface area contributed by atoms with Crippen molar-refractivity contribution in [1.82, 2.24) is 24.7 Å². The highest BCUT2D eigenvalue weighted by molar-refractivity contribution is 7.99. The first-order chi connectivity index (χ1) is 10.3. The molecule has 1 N–H and O–H groups in total. The second-order valence-electron chi connectivity index (χ2n) is 5.41. The van der Waals surface area contributed by atoms with E-state index >= 15 is 0 Å². The maximum absolute atomic E-state index is 6.20. The normalized spacial score (nSPS) is 18.0. The molecule has 0 unspecified atom stereocenters. The van der Waals surface area contributed by atoms with E-state index in [1.165, 1.54) is 37.4 Å². The standard InChI is InChI=1S/C13H15ClN6S/c1-15-12-16-6-9(14)11(17-12)21-13-19-18-10(7-2-3-7)20(13)8-4-5-8/h6-8H,2-5H2,1H3,(H,15,16,17). The summed E-state index contributed by atoms with van der Waals surface area (Å²) in [6.45, 7) is 0. The van der Waals surface area contributed by atoms with Gasteiger partial charge in [0.2, 0.25) is 5.95 Å². The monoisotopic (exact) mass is 322 g/mol. The minimum Gasteiger partial charge on any atom is -0.357 e. The van der Waals surface area contributed by atoms with E-state index in [1.54, 1.807) is 13.2 Å². The lowest BCUT2D eigenvalue weighted by atomic mass is 10.4. The number of nitrogens with one attached hydrogen (secondary N) is 1. The Kier molecular flexibility index (Phi) is 3.26. The fourth-order valence-electron chi connectivity index (χ4n) is 2.28. The van der Waals surface area contributed by atoms with Gasteiger partial charge in [0.25, 0.3) is 0 Å². The third-order valence-electron chi connectivity index (χ3n) is 3.67. The predicted molar refractivity (Wildman–Crippen MR) is 81.0 cm³/mol. The summed E-state index contributed by atoms with van der Waals surface area (Å²) in [6.07, 6.45) is 6.50. The van der Waals surface area contributed by atoms with Crippen molar-refractivity contribution in [3.63, 3.8) is 0 Å².